The molecule has 0 saturated carbocycles. The van der Waals surface area contributed by atoms with E-state index in [1.807, 2.05) is 0 Å². The molecule has 9 rings (SSSR count). The number of rotatable bonds is 5. The van der Waals surface area contributed by atoms with E-state index in [9.17, 15) is 0 Å². The molecule has 0 unspecified atom stereocenters. The summed E-state index contributed by atoms with van der Waals surface area (Å²) in [5, 5.41) is 0. The van der Waals surface area contributed by atoms with Crippen molar-refractivity contribution in [2.45, 2.75) is 52.0 Å². The number of hydrogen-bond donors (Lipinski definition) is 0. The number of methoxy groups -OCH3 is 1. The average molecular weight is 703 g/mol. The van der Waals surface area contributed by atoms with Crippen molar-refractivity contribution in [3.63, 3.8) is 0 Å². The minimum absolute atomic E-state index is 0.125. The molecule has 2 aliphatic rings. The first kappa shape index (κ1) is 33.8. The Morgan fingerprint density at radius 3 is 1.52 bits per heavy atom. The maximum absolute atomic E-state index is 5.50. The summed E-state index contributed by atoms with van der Waals surface area (Å²) in [6, 6.07) is 58.8. The van der Waals surface area contributed by atoms with Gasteiger partial charge in [-0.25, -0.2) is 0 Å². The van der Waals surface area contributed by atoms with Gasteiger partial charge in [-0.1, -0.05) is 141 Å². The standard InChI is InChI=1S/C51H46N2O/c1-34-15-29-46-44(31-34)51(45-32-35(2)16-30-47(45)52(46)33-36-17-27-41(54-6)28-18-36)42-11-7-9-13-48(42)53(49-14-10-8-12-43(49)51)40-25-21-38(22-26-40)37-19-23-39(24-20-37)50(3,4)5/h7-32H,33H2,1-6H3. The van der Waals surface area contributed by atoms with Crippen molar-refractivity contribution >= 4 is 28.4 Å². The smallest absolute Gasteiger partial charge is 0.118 e. The molecule has 266 valence electrons. The fourth-order valence-electron chi connectivity index (χ4n) is 8.80. The van der Waals surface area contributed by atoms with Gasteiger partial charge in [0.1, 0.15) is 5.75 Å². The molecule has 54 heavy (non-hydrogen) atoms. The van der Waals surface area contributed by atoms with E-state index in [0.717, 1.165) is 18.0 Å². The minimum atomic E-state index is -0.544. The van der Waals surface area contributed by atoms with Crippen LogP contribution >= 0.6 is 0 Å². The van der Waals surface area contributed by atoms with E-state index < -0.39 is 5.41 Å². The zero-order chi connectivity index (χ0) is 37.2. The van der Waals surface area contributed by atoms with Gasteiger partial charge in [-0.3, -0.25) is 0 Å². The summed E-state index contributed by atoms with van der Waals surface area (Å²) in [6.45, 7) is 12.0. The monoisotopic (exact) mass is 702 g/mol. The van der Waals surface area contributed by atoms with Crippen LogP contribution in [0, 0.1) is 13.8 Å². The SMILES string of the molecule is COc1ccc(CN2c3ccc(C)cc3C3(c4cc(C)ccc42)c2ccccc2N(c2ccc(-c4ccc(C(C)(C)C)cc4)cc2)c2ccccc23)cc1. The summed E-state index contributed by atoms with van der Waals surface area (Å²) in [5.74, 6) is 0.868. The molecule has 0 amide bonds. The second-order valence-electron chi connectivity index (χ2n) is 16.0. The number of anilines is 5. The molecule has 1 spiro atoms. The average Bonchev–Trinajstić information content (AvgIpc) is 3.19. The maximum Gasteiger partial charge on any atom is 0.118 e. The molecule has 3 nitrogen and oxygen atoms in total. The normalized spacial score (nSPS) is 13.9. The molecule has 0 bridgehead atoms. The van der Waals surface area contributed by atoms with Gasteiger partial charge in [-0.15, -0.1) is 0 Å². The first-order valence-electron chi connectivity index (χ1n) is 19.0. The topological polar surface area (TPSA) is 15.7 Å². The van der Waals surface area contributed by atoms with Crippen LogP contribution in [0.15, 0.2) is 158 Å². The van der Waals surface area contributed by atoms with Gasteiger partial charge in [0.25, 0.3) is 0 Å². The number of aryl methyl sites for hydroxylation is 2. The van der Waals surface area contributed by atoms with Crippen LogP contribution in [0.5, 0.6) is 5.75 Å². The molecule has 0 N–H and O–H groups in total. The number of fused-ring (bicyclic) bond motifs is 8. The lowest BCUT2D eigenvalue weighted by molar-refractivity contribution is 0.414. The summed E-state index contributed by atoms with van der Waals surface area (Å²) < 4.78 is 5.50. The zero-order valence-corrected chi connectivity index (χ0v) is 32.0. The van der Waals surface area contributed by atoms with Crippen molar-refractivity contribution in [1.82, 2.24) is 0 Å². The molecule has 0 aliphatic carbocycles. The lowest BCUT2D eigenvalue weighted by Gasteiger charge is -2.51. The lowest BCUT2D eigenvalue weighted by atomic mass is 9.59. The van der Waals surface area contributed by atoms with Crippen molar-refractivity contribution in [3.05, 3.63) is 202 Å². The number of hydrogen-bond acceptors (Lipinski definition) is 3. The van der Waals surface area contributed by atoms with Gasteiger partial charge in [0.2, 0.25) is 0 Å². The van der Waals surface area contributed by atoms with E-state index in [2.05, 4.69) is 202 Å². The molecule has 3 heteroatoms. The van der Waals surface area contributed by atoms with Gasteiger partial charge < -0.3 is 14.5 Å². The van der Waals surface area contributed by atoms with Crippen LogP contribution in [0.1, 0.15) is 65.3 Å². The Hall–Kier alpha value is -6.06. The Bertz CT molecular complexity index is 2400. The van der Waals surface area contributed by atoms with Crippen molar-refractivity contribution < 1.29 is 4.74 Å². The molecule has 2 aliphatic heterocycles. The minimum Gasteiger partial charge on any atom is -0.497 e. The van der Waals surface area contributed by atoms with E-state index in [1.165, 1.54) is 78.4 Å². The molecule has 7 aromatic carbocycles. The van der Waals surface area contributed by atoms with Crippen LogP contribution in [0.4, 0.5) is 28.4 Å². The van der Waals surface area contributed by atoms with E-state index in [0.29, 0.717) is 0 Å². The molecule has 7 aromatic rings. The van der Waals surface area contributed by atoms with Crippen LogP contribution in [0.2, 0.25) is 0 Å². The van der Waals surface area contributed by atoms with Gasteiger partial charge in [0, 0.05) is 23.6 Å². The van der Waals surface area contributed by atoms with Crippen LogP contribution in [0.25, 0.3) is 11.1 Å². The van der Waals surface area contributed by atoms with Gasteiger partial charge in [0.15, 0.2) is 0 Å². The zero-order valence-electron chi connectivity index (χ0n) is 32.0. The van der Waals surface area contributed by atoms with Crippen molar-refractivity contribution in [3.8, 4) is 16.9 Å². The van der Waals surface area contributed by atoms with Crippen LogP contribution in [-0.2, 0) is 17.4 Å². The second-order valence-corrected chi connectivity index (χ2v) is 16.0. The number of nitrogens with zero attached hydrogens (tertiary/aromatic N) is 2. The predicted molar refractivity (Wildman–Crippen MR) is 225 cm³/mol. The molecule has 0 radical (unpaired) electrons. The molecular formula is C51H46N2O. The molecule has 0 fully saturated rings. The first-order chi connectivity index (χ1) is 26.2. The summed E-state index contributed by atoms with van der Waals surface area (Å²) in [6.07, 6.45) is 0. The third-order valence-electron chi connectivity index (χ3n) is 11.5. The highest BCUT2D eigenvalue weighted by molar-refractivity contribution is 5.94. The third-order valence-corrected chi connectivity index (χ3v) is 11.5. The Balaban J connectivity index is 1.24. The van der Waals surface area contributed by atoms with Crippen molar-refractivity contribution in [2.75, 3.05) is 16.9 Å². The fourth-order valence-corrected chi connectivity index (χ4v) is 8.80. The predicted octanol–water partition coefficient (Wildman–Crippen LogP) is 13.1. The summed E-state index contributed by atoms with van der Waals surface area (Å²) >= 11 is 0. The van der Waals surface area contributed by atoms with Crippen LogP contribution in [-0.4, -0.2) is 7.11 Å². The van der Waals surface area contributed by atoms with E-state index >= 15 is 0 Å². The number of benzene rings is 7. The van der Waals surface area contributed by atoms with Gasteiger partial charge in [0.05, 0.1) is 23.9 Å². The van der Waals surface area contributed by atoms with Gasteiger partial charge >= 0.3 is 0 Å². The summed E-state index contributed by atoms with van der Waals surface area (Å²) in [7, 11) is 1.72. The molecule has 2 heterocycles. The maximum atomic E-state index is 5.50. The largest absolute Gasteiger partial charge is 0.497 e. The van der Waals surface area contributed by atoms with E-state index in [4.69, 9.17) is 4.74 Å². The highest BCUT2D eigenvalue weighted by Gasteiger charge is 2.51. The first-order valence-corrected chi connectivity index (χ1v) is 19.0. The Kier molecular flexibility index (Phi) is 8.01. The Labute approximate surface area is 320 Å². The Morgan fingerprint density at radius 1 is 0.519 bits per heavy atom. The number of para-hydroxylation sites is 2. The van der Waals surface area contributed by atoms with Crippen molar-refractivity contribution in [1.29, 1.82) is 0 Å². The highest BCUT2D eigenvalue weighted by Crippen LogP contribution is 2.63. The van der Waals surface area contributed by atoms with E-state index in [-0.39, 0.29) is 5.41 Å². The summed E-state index contributed by atoms with van der Waals surface area (Å²) in [5.41, 5.74) is 18.3. The third kappa shape index (κ3) is 5.33. The van der Waals surface area contributed by atoms with Crippen LogP contribution < -0.4 is 14.5 Å². The number of ether oxygens (including phenoxy) is 1. The Morgan fingerprint density at radius 2 is 1.02 bits per heavy atom. The molecular weight excluding hydrogens is 657 g/mol. The fraction of sp³-hybridized carbons (Fsp3) is 0.176. The second kappa shape index (κ2) is 12.8. The summed E-state index contributed by atoms with van der Waals surface area (Å²) in [4.78, 5) is 4.98. The van der Waals surface area contributed by atoms with Gasteiger partial charge in [-0.05, 0) is 112 Å². The van der Waals surface area contributed by atoms with Crippen LogP contribution in [0.3, 0.4) is 0 Å². The molecule has 0 aromatic heterocycles. The van der Waals surface area contributed by atoms with Crippen molar-refractivity contribution in [2.24, 2.45) is 0 Å². The molecule has 0 atom stereocenters. The quantitative estimate of drug-likeness (QED) is 0.178. The van der Waals surface area contributed by atoms with E-state index in [1.54, 1.807) is 7.11 Å². The molecule has 0 saturated heterocycles. The highest BCUT2D eigenvalue weighted by atomic mass is 16.5. The lowest BCUT2D eigenvalue weighted by Crippen LogP contribution is -2.42. The van der Waals surface area contributed by atoms with Gasteiger partial charge in [-0.2, -0.15) is 0 Å².